The Labute approximate surface area is 195 Å². The maximum atomic E-state index is 12.6. The fraction of sp³-hybridized carbons (Fsp3) is 0.259. The molecule has 1 aliphatic rings. The molecular weight excluding hydrogens is 412 g/mol. The van der Waals surface area contributed by atoms with Crippen molar-refractivity contribution in [2.75, 3.05) is 36.4 Å². The zero-order valence-corrected chi connectivity index (χ0v) is 19.0. The Morgan fingerprint density at radius 1 is 0.788 bits per heavy atom. The maximum Gasteiger partial charge on any atom is 0.255 e. The Kier molecular flexibility index (Phi) is 7.37. The minimum absolute atomic E-state index is 0.0747. The molecule has 33 heavy (non-hydrogen) atoms. The molecule has 2 N–H and O–H groups in total. The normalized spacial score (nSPS) is 14.0. The van der Waals surface area contributed by atoms with Gasteiger partial charge < -0.3 is 15.5 Å². The van der Waals surface area contributed by atoms with Gasteiger partial charge in [0.05, 0.1) is 0 Å². The summed E-state index contributed by atoms with van der Waals surface area (Å²) in [6, 6.07) is 25.9. The first-order valence-corrected chi connectivity index (χ1v) is 11.3. The van der Waals surface area contributed by atoms with Crippen molar-refractivity contribution >= 4 is 23.2 Å². The van der Waals surface area contributed by atoms with Crippen LogP contribution in [0.15, 0.2) is 78.9 Å². The summed E-state index contributed by atoms with van der Waals surface area (Å²) >= 11 is 0. The lowest BCUT2D eigenvalue weighted by Crippen LogP contribution is -2.45. The molecule has 4 rings (SSSR count). The summed E-state index contributed by atoms with van der Waals surface area (Å²) in [7, 11) is 0. The van der Waals surface area contributed by atoms with Gasteiger partial charge >= 0.3 is 0 Å². The third-order valence-corrected chi connectivity index (χ3v) is 5.87. The second-order valence-electron chi connectivity index (χ2n) is 8.36. The van der Waals surface area contributed by atoms with E-state index < -0.39 is 0 Å². The maximum absolute atomic E-state index is 12.6. The van der Waals surface area contributed by atoms with Gasteiger partial charge in [-0.2, -0.15) is 0 Å². The van der Waals surface area contributed by atoms with E-state index >= 15 is 0 Å². The number of benzene rings is 3. The Morgan fingerprint density at radius 2 is 1.45 bits per heavy atom. The number of carbonyl (C=O) groups excluding carboxylic acids is 2. The van der Waals surface area contributed by atoms with Gasteiger partial charge in [0, 0.05) is 63.1 Å². The lowest BCUT2D eigenvalue weighted by Gasteiger charge is -2.36. The number of nitrogens with one attached hydrogen (secondary N) is 2. The van der Waals surface area contributed by atoms with Gasteiger partial charge in [-0.15, -0.1) is 0 Å². The molecule has 6 nitrogen and oxygen atoms in total. The second kappa shape index (κ2) is 10.8. The van der Waals surface area contributed by atoms with Crippen molar-refractivity contribution in [1.29, 1.82) is 0 Å². The van der Waals surface area contributed by atoms with Crippen molar-refractivity contribution < 1.29 is 9.59 Å². The first kappa shape index (κ1) is 22.6. The summed E-state index contributed by atoms with van der Waals surface area (Å²) in [5.41, 5.74) is 4.84. The molecule has 0 spiro atoms. The highest BCUT2D eigenvalue weighted by Crippen LogP contribution is 2.21. The topological polar surface area (TPSA) is 64.7 Å². The summed E-state index contributed by atoms with van der Waals surface area (Å²) in [5.74, 6) is -0.224. The van der Waals surface area contributed by atoms with Crippen LogP contribution in [0, 0.1) is 0 Å². The predicted octanol–water partition coefficient (Wildman–Crippen LogP) is 3.90. The van der Waals surface area contributed by atoms with E-state index in [2.05, 4.69) is 62.9 Å². The third kappa shape index (κ3) is 6.43. The van der Waals surface area contributed by atoms with Crippen LogP contribution in [0.3, 0.4) is 0 Å². The average molecular weight is 443 g/mol. The largest absolute Gasteiger partial charge is 0.369 e. The molecule has 1 fully saturated rings. The molecular formula is C27H30N4O2. The third-order valence-electron chi connectivity index (χ3n) is 5.87. The van der Waals surface area contributed by atoms with Crippen LogP contribution in [0.25, 0.3) is 0 Å². The minimum Gasteiger partial charge on any atom is -0.369 e. The van der Waals surface area contributed by atoms with E-state index in [9.17, 15) is 9.59 Å². The number of amides is 2. The monoisotopic (exact) mass is 442 g/mol. The van der Waals surface area contributed by atoms with Crippen LogP contribution in [0.1, 0.15) is 28.4 Å². The van der Waals surface area contributed by atoms with Crippen LogP contribution in [0.4, 0.5) is 11.4 Å². The number of hydrogen-bond donors (Lipinski definition) is 2. The zero-order valence-electron chi connectivity index (χ0n) is 19.0. The van der Waals surface area contributed by atoms with E-state index in [1.54, 1.807) is 12.1 Å². The van der Waals surface area contributed by atoms with Crippen LogP contribution in [0.5, 0.6) is 0 Å². The van der Waals surface area contributed by atoms with Gasteiger partial charge in [-0.05, 0) is 47.5 Å². The highest BCUT2D eigenvalue weighted by molar-refractivity contribution is 6.04. The molecule has 1 heterocycles. The van der Waals surface area contributed by atoms with E-state index in [1.807, 2.05) is 24.3 Å². The van der Waals surface area contributed by atoms with E-state index in [0.717, 1.165) is 44.0 Å². The quantitative estimate of drug-likeness (QED) is 0.583. The zero-order chi connectivity index (χ0) is 23.0. The van der Waals surface area contributed by atoms with Crippen LogP contribution >= 0.6 is 0 Å². The molecule has 0 unspecified atom stereocenters. The van der Waals surface area contributed by atoms with Gasteiger partial charge in [-0.3, -0.25) is 14.5 Å². The van der Waals surface area contributed by atoms with E-state index in [-0.39, 0.29) is 11.8 Å². The van der Waals surface area contributed by atoms with Crippen LogP contribution in [0.2, 0.25) is 0 Å². The number of rotatable bonds is 7. The number of hydrogen-bond acceptors (Lipinski definition) is 4. The fourth-order valence-corrected chi connectivity index (χ4v) is 3.97. The molecule has 2 amide bonds. The summed E-state index contributed by atoms with van der Waals surface area (Å²) < 4.78 is 0. The minimum atomic E-state index is -0.150. The first-order chi connectivity index (χ1) is 16.1. The molecule has 0 aromatic heterocycles. The smallest absolute Gasteiger partial charge is 0.255 e. The standard InChI is InChI=1S/C27H30N4O2/c1-21(32)28-19-22-7-9-24(10-8-22)27(33)29-25-11-13-26(14-12-25)31-17-15-30(16-18-31)20-23-5-3-2-4-6-23/h2-14H,15-20H2,1H3,(H,28,32)(H,29,33). The van der Waals surface area contributed by atoms with E-state index in [0.29, 0.717) is 12.1 Å². The summed E-state index contributed by atoms with van der Waals surface area (Å²) in [6.07, 6.45) is 0. The van der Waals surface area contributed by atoms with Crippen molar-refractivity contribution in [2.45, 2.75) is 20.0 Å². The molecule has 0 bridgehead atoms. The van der Waals surface area contributed by atoms with Crippen molar-refractivity contribution in [3.05, 3.63) is 95.6 Å². The van der Waals surface area contributed by atoms with Crippen molar-refractivity contribution in [2.24, 2.45) is 0 Å². The molecule has 0 radical (unpaired) electrons. The van der Waals surface area contributed by atoms with Crippen LogP contribution < -0.4 is 15.5 Å². The Morgan fingerprint density at radius 3 is 2.09 bits per heavy atom. The van der Waals surface area contributed by atoms with Crippen LogP contribution in [-0.2, 0) is 17.9 Å². The van der Waals surface area contributed by atoms with Gasteiger partial charge in [0.2, 0.25) is 5.91 Å². The van der Waals surface area contributed by atoms with Gasteiger partial charge in [0.1, 0.15) is 0 Å². The predicted molar refractivity (Wildman–Crippen MR) is 132 cm³/mol. The second-order valence-corrected chi connectivity index (χ2v) is 8.36. The SMILES string of the molecule is CC(=O)NCc1ccc(C(=O)Nc2ccc(N3CCN(Cc4ccccc4)CC3)cc2)cc1. The van der Waals surface area contributed by atoms with Gasteiger partial charge in [-0.25, -0.2) is 0 Å². The molecule has 0 saturated carbocycles. The van der Waals surface area contributed by atoms with Crippen molar-refractivity contribution in [3.63, 3.8) is 0 Å². The average Bonchev–Trinajstić information content (AvgIpc) is 2.85. The van der Waals surface area contributed by atoms with Crippen molar-refractivity contribution in [3.8, 4) is 0 Å². The lowest BCUT2D eigenvalue weighted by molar-refractivity contribution is -0.119. The van der Waals surface area contributed by atoms with Gasteiger partial charge in [0.15, 0.2) is 0 Å². The van der Waals surface area contributed by atoms with Crippen LogP contribution in [-0.4, -0.2) is 42.9 Å². The first-order valence-electron chi connectivity index (χ1n) is 11.3. The summed E-state index contributed by atoms with van der Waals surface area (Å²) in [5, 5.41) is 5.71. The molecule has 1 saturated heterocycles. The summed E-state index contributed by atoms with van der Waals surface area (Å²) in [4.78, 5) is 28.5. The van der Waals surface area contributed by atoms with E-state index in [4.69, 9.17) is 0 Å². The Bertz CT molecular complexity index is 1060. The number of piperazine rings is 1. The highest BCUT2D eigenvalue weighted by Gasteiger charge is 2.17. The molecule has 3 aromatic rings. The van der Waals surface area contributed by atoms with Crippen molar-refractivity contribution in [1.82, 2.24) is 10.2 Å². The number of carbonyl (C=O) groups is 2. The molecule has 3 aromatic carbocycles. The lowest BCUT2D eigenvalue weighted by atomic mass is 10.1. The summed E-state index contributed by atoms with van der Waals surface area (Å²) in [6.45, 7) is 6.98. The Hall–Kier alpha value is -3.64. The number of anilines is 2. The molecule has 6 heteroatoms. The Balaban J connectivity index is 1.27. The molecule has 170 valence electrons. The molecule has 0 aliphatic carbocycles. The van der Waals surface area contributed by atoms with E-state index in [1.165, 1.54) is 18.2 Å². The number of nitrogens with zero attached hydrogens (tertiary/aromatic N) is 2. The van der Waals surface area contributed by atoms with Gasteiger partial charge in [-0.1, -0.05) is 42.5 Å². The molecule has 1 aliphatic heterocycles. The molecule has 0 atom stereocenters. The van der Waals surface area contributed by atoms with Gasteiger partial charge in [0.25, 0.3) is 5.91 Å². The highest BCUT2D eigenvalue weighted by atomic mass is 16.2. The fourth-order valence-electron chi connectivity index (χ4n) is 3.97.